The van der Waals surface area contributed by atoms with E-state index >= 15 is 0 Å². The Morgan fingerprint density at radius 2 is 1.65 bits per heavy atom. The first kappa shape index (κ1) is 17.7. The van der Waals surface area contributed by atoms with Gasteiger partial charge in [0.15, 0.2) is 0 Å². The lowest BCUT2D eigenvalue weighted by Crippen LogP contribution is -2.41. The molecule has 0 radical (unpaired) electrons. The van der Waals surface area contributed by atoms with Crippen molar-refractivity contribution in [1.29, 1.82) is 0 Å². The van der Waals surface area contributed by atoms with Gasteiger partial charge in [0.2, 0.25) is 0 Å². The summed E-state index contributed by atoms with van der Waals surface area (Å²) in [7, 11) is -0.975. The molecule has 0 unspecified atom stereocenters. The number of hydrogen-bond donors (Lipinski definition) is 1. The summed E-state index contributed by atoms with van der Waals surface area (Å²) >= 11 is 0. The van der Waals surface area contributed by atoms with Crippen molar-refractivity contribution < 1.29 is 13.7 Å². The standard InChI is InChI=1S/C18H23BFNO2/c1-13(15-10-8-14(9-11-15)7-6-12-21)16(20)19-22-17(2,3)18(4,5)23-19/h8-11H,12,21H2,1-5H3. The van der Waals surface area contributed by atoms with Crippen LogP contribution in [0.15, 0.2) is 30.0 Å². The molecular weight excluding hydrogens is 292 g/mol. The van der Waals surface area contributed by atoms with Crippen LogP contribution in [0.2, 0.25) is 0 Å². The van der Waals surface area contributed by atoms with Crippen molar-refractivity contribution in [2.75, 3.05) is 6.54 Å². The normalized spacial score (nSPS) is 19.9. The van der Waals surface area contributed by atoms with Gasteiger partial charge in [-0.1, -0.05) is 24.0 Å². The van der Waals surface area contributed by atoms with Crippen LogP contribution >= 0.6 is 0 Å². The highest BCUT2D eigenvalue weighted by molar-refractivity contribution is 6.55. The Bertz CT molecular complexity index is 653. The van der Waals surface area contributed by atoms with Crippen LogP contribution in [-0.4, -0.2) is 24.9 Å². The highest BCUT2D eigenvalue weighted by Crippen LogP contribution is 2.40. The maximum atomic E-state index is 14.8. The molecule has 5 heteroatoms. The summed E-state index contributed by atoms with van der Waals surface area (Å²) in [4.78, 5) is 0. The number of benzene rings is 1. The molecule has 1 fully saturated rings. The molecular formula is C18H23BFNO2. The lowest BCUT2D eigenvalue weighted by Gasteiger charge is -2.32. The van der Waals surface area contributed by atoms with Gasteiger partial charge in [-0.3, -0.25) is 0 Å². The van der Waals surface area contributed by atoms with Crippen LogP contribution in [0.25, 0.3) is 5.57 Å². The molecule has 0 atom stereocenters. The number of rotatable bonds is 2. The second-order valence-electron chi connectivity index (χ2n) is 6.64. The topological polar surface area (TPSA) is 44.5 Å². The zero-order valence-electron chi connectivity index (χ0n) is 14.4. The third-order valence-corrected chi connectivity index (χ3v) is 4.47. The first-order valence-corrected chi connectivity index (χ1v) is 7.69. The van der Waals surface area contributed by atoms with Crippen LogP contribution in [0.4, 0.5) is 4.39 Å². The molecule has 0 spiro atoms. The highest BCUT2D eigenvalue weighted by atomic mass is 19.1. The van der Waals surface area contributed by atoms with Crippen molar-refractivity contribution in [3.05, 3.63) is 41.1 Å². The van der Waals surface area contributed by atoms with E-state index in [1.165, 1.54) is 0 Å². The van der Waals surface area contributed by atoms with Crippen LogP contribution < -0.4 is 5.73 Å². The summed E-state index contributed by atoms with van der Waals surface area (Å²) < 4.78 is 26.3. The summed E-state index contributed by atoms with van der Waals surface area (Å²) in [5.74, 6) is 5.73. The summed E-state index contributed by atoms with van der Waals surface area (Å²) in [5.41, 5.74) is 5.96. The Morgan fingerprint density at radius 3 is 2.13 bits per heavy atom. The molecule has 3 nitrogen and oxygen atoms in total. The van der Waals surface area contributed by atoms with Crippen LogP contribution in [0.5, 0.6) is 0 Å². The van der Waals surface area contributed by atoms with Gasteiger partial charge < -0.3 is 15.0 Å². The fourth-order valence-corrected chi connectivity index (χ4v) is 2.22. The summed E-state index contributed by atoms with van der Waals surface area (Å²) in [6.07, 6.45) is 0. The van der Waals surface area contributed by atoms with Gasteiger partial charge in [-0.2, -0.15) is 0 Å². The number of nitrogens with two attached hydrogens (primary N) is 1. The molecule has 0 aliphatic carbocycles. The first-order valence-electron chi connectivity index (χ1n) is 7.69. The average Bonchev–Trinajstić information content (AvgIpc) is 2.72. The molecule has 1 aromatic carbocycles. The minimum Gasteiger partial charge on any atom is -0.398 e. The highest BCUT2D eigenvalue weighted by Gasteiger charge is 2.53. The van der Waals surface area contributed by atoms with Crippen LogP contribution in [0.3, 0.4) is 0 Å². The largest absolute Gasteiger partial charge is 0.525 e. The molecule has 1 aromatic rings. The van der Waals surface area contributed by atoms with Gasteiger partial charge >= 0.3 is 7.12 Å². The molecule has 23 heavy (non-hydrogen) atoms. The van der Waals surface area contributed by atoms with Crippen molar-refractivity contribution in [2.45, 2.75) is 45.8 Å². The molecule has 0 amide bonds. The van der Waals surface area contributed by atoms with Gasteiger partial charge in [-0.15, -0.1) is 0 Å². The van der Waals surface area contributed by atoms with Gasteiger partial charge in [0, 0.05) is 5.56 Å². The van der Waals surface area contributed by atoms with Crippen LogP contribution in [-0.2, 0) is 9.31 Å². The Labute approximate surface area is 138 Å². The zero-order chi connectivity index (χ0) is 17.3. The third-order valence-electron chi connectivity index (χ3n) is 4.47. The first-order chi connectivity index (χ1) is 10.7. The zero-order valence-corrected chi connectivity index (χ0v) is 14.4. The summed E-state index contributed by atoms with van der Waals surface area (Å²) in [5, 5.41) is 0. The lowest BCUT2D eigenvalue weighted by atomic mass is 9.83. The SMILES string of the molecule is CC(=C(F)B1OC(C)(C)C(C)(C)O1)c1ccc(C#CCN)cc1. The molecule has 122 valence electrons. The van der Waals surface area contributed by atoms with Crippen molar-refractivity contribution in [2.24, 2.45) is 5.73 Å². The van der Waals surface area contributed by atoms with E-state index in [2.05, 4.69) is 11.8 Å². The Hall–Kier alpha value is -1.61. The molecule has 1 aliphatic rings. The summed E-state index contributed by atoms with van der Waals surface area (Å²) in [6.45, 7) is 9.65. The second-order valence-corrected chi connectivity index (χ2v) is 6.64. The molecule has 1 aliphatic heterocycles. The van der Waals surface area contributed by atoms with E-state index in [4.69, 9.17) is 15.0 Å². The van der Waals surface area contributed by atoms with Crippen LogP contribution in [0.1, 0.15) is 45.7 Å². The number of hydrogen-bond acceptors (Lipinski definition) is 3. The molecule has 0 bridgehead atoms. The quantitative estimate of drug-likeness (QED) is 0.672. The molecule has 0 aromatic heterocycles. The third kappa shape index (κ3) is 3.66. The maximum absolute atomic E-state index is 14.8. The predicted octanol–water partition coefficient (Wildman–Crippen LogP) is 3.33. The van der Waals surface area contributed by atoms with Crippen molar-refractivity contribution in [3.63, 3.8) is 0 Å². The second kappa shape index (κ2) is 6.49. The van der Waals surface area contributed by atoms with E-state index in [0.717, 1.165) is 11.1 Å². The summed E-state index contributed by atoms with van der Waals surface area (Å²) in [6, 6.07) is 7.36. The fraction of sp³-hybridized carbons (Fsp3) is 0.444. The monoisotopic (exact) mass is 315 g/mol. The lowest BCUT2D eigenvalue weighted by molar-refractivity contribution is 0.00578. The molecule has 2 N–H and O–H groups in total. The molecule has 2 rings (SSSR count). The molecule has 1 saturated heterocycles. The van der Waals surface area contributed by atoms with Gasteiger partial charge in [0.25, 0.3) is 0 Å². The minimum atomic E-state index is -0.975. The van der Waals surface area contributed by atoms with Gasteiger partial charge in [-0.25, -0.2) is 4.39 Å². The molecule has 1 heterocycles. The number of allylic oxidation sites excluding steroid dienone is 1. The van der Waals surface area contributed by atoms with E-state index in [-0.39, 0.29) is 0 Å². The van der Waals surface area contributed by atoms with E-state index in [1.807, 2.05) is 52.0 Å². The van der Waals surface area contributed by atoms with Crippen molar-refractivity contribution >= 4 is 12.7 Å². The van der Waals surface area contributed by atoms with Crippen molar-refractivity contribution in [1.82, 2.24) is 0 Å². The minimum absolute atomic E-state index is 0.317. The Kier molecular flexibility index (Phi) is 5.00. The van der Waals surface area contributed by atoms with Gasteiger partial charge in [0.05, 0.1) is 17.7 Å². The average molecular weight is 315 g/mol. The van der Waals surface area contributed by atoms with Crippen LogP contribution in [0, 0.1) is 11.8 Å². The Morgan fingerprint density at radius 1 is 1.13 bits per heavy atom. The Balaban J connectivity index is 2.24. The van der Waals surface area contributed by atoms with Gasteiger partial charge in [-0.05, 0) is 57.9 Å². The van der Waals surface area contributed by atoms with E-state index in [9.17, 15) is 4.39 Å². The number of halogens is 1. The smallest absolute Gasteiger partial charge is 0.398 e. The maximum Gasteiger partial charge on any atom is 0.525 e. The van der Waals surface area contributed by atoms with Gasteiger partial charge in [0.1, 0.15) is 5.73 Å². The fourth-order valence-electron chi connectivity index (χ4n) is 2.22. The van der Waals surface area contributed by atoms with Crippen molar-refractivity contribution in [3.8, 4) is 11.8 Å². The predicted molar refractivity (Wildman–Crippen MR) is 92.2 cm³/mol. The van der Waals surface area contributed by atoms with E-state index in [1.54, 1.807) is 6.92 Å². The van der Waals surface area contributed by atoms with E-state index < -0.39 is 24.0 Å². The molecule has 0 saturated carbocycles. The van der Waals surface area contributed by atoms with E-state index in [0.29, 0.717) is 12.1 Å².